The Hall–Kier alpha value is -6.38. The molecule has 0 unspecified atom stereocenters. The van der Waals surface area contributed by atoms with Gasteiger partial charge in [-0.15, -0.1) is 0 Å². The van der Waals surface area contributed by atoms with E-state index in [9.17, 15) is 0 Å². The van der Waals surface area contributed by atoms with Gasteiger partial charge >= 0.3 is 0 Å². The normalized spacial score (nSPS) is 14.2. The van der Waals surface area contributed by atoms with Crippen molar-refractivity contribution in [3.8, 4) is 44.5 Å². The highest BCUT2D eigenvalue weighted by molar-refractivity contribution is 5.89. The van der Waals surface area contributed by atoms with E-state index in [2.05, 4.69) is 221 Å². The van der Waals surface area contributed by atoms with Crippen LogP contribution in [0.3, 0.4) is 0 Å². The molecule has 56 heavy (non-hydrogen) atoms. The standard InChI is InChI=1S/C54H46N2/c1-53(2)49-17-10-9-16-45(49)46-27-21-39(32-50(46)53)36-18-23-41(24-19-36)55(5)42-15-11-14-38(31-42)40-22-28-47-48-29-26-44(34-52(48)54(3,4)51(47)33-40)56(6)43-25-20-35-12-7-8-13-37(35)30-43/h7-34H,1-6H3. The molecule has 0 bridgehead atoms. The first kappa shape index (κ1) is 34.1. The van der Waals surface area contributed by atoms with Gasteiger partial charge in [-0.25, -0.2) is 0 Å². The van der Waals surface area contributed by atoms with Crippen molar-refractivity contribution in [1.29, 1.82) is 0 Å². The fraction of sp³-hybridized carbons (Fsp3) is 0.148. The van der Waals surface area contributed by atoms with E-state index in [4.69, 9.17) is 0 Å². The first-order valence-electron chi connectivity index (χ1n) is 19.8. The van der Waals surface area contributed by atoms with E-state index in [1.807, 2.05) is 0 Å². The van der Waals surface area contributed by atoms with E-state index in [0.29, 0.717) is 0 Å². The molecule has 0 radical (unpaired) electrons. The van der Waals surface area contributed by atoms with Crippen LogP contribution in [0.25, 0.3) is 55.3 Å². The van der Waals surface area contributed by atoms with E-state index < -0.39 is 0 Å². The number of anilines is 4. The number of rotatable bonds is 6. The molecule has 2 heteroatoms. The molecule has 0 amide bonds. The number of fused-ring (bicyclic) bond motifs is 7. The van der Waals surface area contributed by atoms with Crippen molar-refractivity contribution in [2.45, 2.75) is 38.5 Å². The summed E-state index contributed by atoms with van der Waals surface area (Å²) >= 11 is 0. The van der Waals surface area contributed by atoms with Crippen molar-refractivity contribution in [2.24, 2.45) is 0 Å². The Bertz CT molecular complexity index is 2840. The molecule has 0 saturated heterocycles. The summed E-state index contributed by atoms with van der Waals surface area (Å²) in [7, 11) is 4.34. The second-order valence-corrected chi connectivity index (χ2v) is 16.8. The van der Waals surface area contributed by atoms with Crippen molar-refractivity contribution >= 4 is 33.5 Å². The average Bonchev–Trinajstić information content (AvgIpc) is 3.61. The number of benzene rings is 8. The quantitative estimate of drug-likeness (QED) is 0.169. The second-order valence-electron chi connectivity index (χ2n) is 16.8. The number of hydrogen-bond acceptors (Lipinski definition) is 2. The highest BCUT2D eigenvalue weighted by Crippen LogP contribution is 2.52. The lowest BCUT2D eigenvalue weighted by molar-refractivity contribution is 0.660. The molecule has 0 aliphatic heterocycles. The van der Waals surface area contributed by atoms with Crippen LogP contribution >= 0.6 is 0 Å². The second kappa shape index (κ2) is 12.6. The molecule has 8 aromatic carbocycles. The van der Waals surface area contributed by atoms with E-state index >= 15 is 0 Å². The lowest BCUT2D eigenvalue weighted by atomic mass is 9.81. The van der Waals surface area contributed by atoms with Crippen LogP contribution in [0.1, 0.15) is 49.9 Å². The molecular weight excluding hydrogens is 677 g/mol. The van der Waals surface area contributed by atoms with Gasteiger partial charge in [0.2, 0.25) is 0 Å². The van der Waals surface area contributed by atoms with E-state index in [1.165, 1.54) is 88.9 Å². The topological polar surface area (TPSA) is 6.48 Å². The fourth-order valence-electron chi connectivity index (χ4n) is 9.45. The van der Waals surface area contributed by atoms with Crippen LogP contribution in [-0.2, 0) is 10.8 Å². The summed E-state index contributed by atoms with van der Waals surface area (Å²) in [5.74, 6) is 0. The predicted octanol–water partition coefficient (Wildman–Crippen LogP) is 14.3. The molecule has 0 fully saturated rings. The average molecular weight is 723 g/mol. The van der Waals surface area contributed by atoms with Crippen LogP contribution in [0.4, 0.5) is 22.7 Å². The van der Waals surface area contributed by atoms with Crippen LogP contribution in [0, 0.1) is 0 Å². The van der Waals surface area contributed by atoms with Crippen molar-refractivity contribution in [3.05, 3.63) is 192 Å². The summed E-state index contributed by atoms with van der Waals surface area (Å²) < 4.78 is 0. The van der Waals surface area contributed by atoms with Crippen LogP contribution in [0.15, 0.2) is 170 Å². The highest BCUT2D eigenvalue weighted by Gasteiger charge is 2.37. The number of nitrogens with zero attached hydrogens (tertiary/aromatic N) is 2. The monoisotopic (exact) mass is 722 g/mol. The molecule has 10 rings (SSSR count). The molecule has 8 aromatic rings. The molecular formula is C54H46N2. The minimum Gasteiger partial charge on any atom is -0.345 e. The molecule has 2 nitrogen and oxygen atoms in total. The maximum absolute atomic E-state index is 2.42. The van der Waals surface area contributed by atoms with Gasteiger partial charge < -0.3 is 9.80 Å². The SMILES string of the molecule is CN(c1ccc(-c2ccc3c(c2)C(C)(C)c2ccccc2-3)cc1)c1cccc(-c2ccc3c(c2)C(C)(C)c2cc(N(C)c4ccc5ccccc5c4)ccc2-3)c1. The Labute approximate surface area is 331 Å². The molecule has 272 valence electrons. The summed E-state index contributed by atoms with van der Waals surface area (Å²) in [6, 6.07) is 63.1. The van der Waals surface area contributed by atoms with Crippen molar-refractivity contribution < 1.29 is 0 Å². The third kappa shape index (κ3) is 5.31. The molecule has 0 heterocycles. The Morgan fingerprint density at radius 1 is 0.304 bits per heavy atom. The maximum atomic E-state index is 2.42. The summed E-state index contributed by atoms with van der Waals surface area (Å²) in [6.07, 6.45) is 0. The predicted molar refractivity (Wildman–Crippen MR) is 239 cm³/mol. The molecule has 2 aliphatic rings. The zero-order chi connectivity index (χ0) is 38.3. The summed E-state index contributed by atoms with van der Waals surface area (Å²) in [6.45, 7) is 9.44. The molecule has 0 N–H and O–H groups in total. The van der Waals surface area contributed by atoms with Crippen molar-refractivity contribution in [2.75, 3.05) is 23.9 Å². The zero-order valence-electron chi connectivity index (χ0n) is 33.1. The van der Waals surface area contributed by atoms with Crippen LogP contribution in [-0.4, -0.2) is 14.1 Å². The first-order valence-corrected chi connectivity index (χ1v) is 19.8. The fourth-order valence-corrected chi connectivity index (χ4v) is 9.45. The lowest BCUT2D eigenvalue weighted by Gasteiger charge is -2.25. The van der Waals surface area contributed by atoms with Gasteiger partial charge in [-0.1, -0.05) is 137 Å². The molecule has 0 aromatic heterocycles. The van der Waals surface area contributed by atoms with Gasteiger partial charge in [0.25, 0.3) is 0 Å². The molecule has 0 saturated carbocycles. The minimum atomic E-state index is -0.129. The van der Waals surface area contributed by atoms with Crippen LogP contribution in [0.5, 0.6) is 0 Å². The Morgan fingerprint density at radius 2 is 0.768 bits per heavy atom. The molecule has 2 aliphatic carbocycles. The number of hydrogen-bond donors (Lipinski definition) is 0. The van der Waals surface area contributed by atoms with Crippen LogP contribution < -0.4 is 9.80 Å². The van der Waals surface area contributed by atoms with Gasteiger partial charge in [0.05, 0.1) is 0 Å². The first-order chi connectivity index (χ1) is 27.1. The minimum absolute atomic E-state index is 0.00880. The van der Waals surface area contributed by atoms with Gasteiger partial charge in [-0.3, -0.25) is 0 Å². The van der Waals surface area contributed by atoms with Gasteiger partial charge in [-0.2, -0.15) is 0 Å². The van der Waals surface area contributed by atoms with Gasteiger partial charge in [0.1, 0.15) is 0 Å². The summed E-state index contributed by atoms with van der Waals surface area (Å²) in [5.41, 5.74) is 20.5. The summed E-state index contributed by atoms with van der Waals surface area (Å²) in [5, 5.41) is 2.52. The lowest BCUT2D eigenvalue weighted by Crippen LogP contribution is -2.16. The summed E-state index contributed by atoms with van der Waals surface area (Å²) in [4.78, 5) is 4.59. The van der Waals surface area contributed by atoms with E-state index in [0.717, 1.165) is 11.4 Å². The maximum Gasteiger partial charge on any atom is 0.0414 e. The van der Waals surface area contributed by atoms with Gasteiger partial charge in [-0.05, 0) is 138 Å². The highest BCUT2D eigenvalue weighted by atomic mass is 15.1. The van der Waals surface area contributed by atoms with E-state index in [-0.39, 0.29) is 10.8 Å². The van der Waals surface area contributed by atoms with E-state index in [1.54, 1.807) is 0 Å². The smallest absolute Gasteiger partial charge is 0.0414 e. The zero-order valence-corrected chi connectivity index (χ0v) is 33.1. The van der Waals surface area contributed by atoms with Crippen molar-refractivity contribution in [1.82, 2.24) is 0 Å². The van der Waals surface area contributed by atoms with Gasteiger partial charge in [0.15, 0.2) is 0 Å². The Balaban J connectivity index is 0.901. The van der Waals surface area contributed by atoms with Crippen molar-refractivity contribution in [3.63, 3.8) is 0 Å². The Kier molecular flexibility index (Phi) is 7.67. The molecule has 0 atom stereocenters. The Morgan fingerprint density at radius 3 is 1.50 bits per heavy atom. The van der Waals surface area contributed by atoms with Gasteiger partial charge in [0, 0.05) is 47.7 Å². The van der Waals surface area contributed by atoms with Crippen LogP contribution in [0.2, 0.25) is 0 Å². The molecule has 0 spiro atoms. The third-order valence-corrected chi connectivity index (χ3v) is 12.9. The largest absolute Gasteiger partial charge is 0.345 e. The third-order valence-electron chi connectivity index (χ3n) is 12.9.